The molecule has 0 heterocycles. The predicted molar refractivity (Wildman–Crippen MR) is 72.7 cm³/mol. The number of nitrogens with one attached hydrogen (secondary N) is 1. The first kappa shape index (κ1) is 14.4. The highest BCUT2D eigenvalue weighted by atomic mass is 16.4. The highest BCUT2D eigenvalue weighted by Crippen LogP contribution is 2.38. The maximum Gasteiger partial charge on any atom is 0.311 e. The van der Waals surface area contributed by atoms with E-state index in [0.29, 0.717) is 18.8 Å². The summed E-state index contributed by atoms with van der Waals surface area (Å²) in [7, 11) is 0. The van der Waals surface area contributed by atoms with Gasteiger partial charge in [-0.3, -0.25) is 9.59 Å². The number of aliphatic carboxylic acids is 1. The number of hydrogen-bond donors (Lipinski definition) is 2. The molecule has 4 heteroatoms. The molecule has 2 saturated carbocycles. The number of carboxylic acid groups (broad SMARTS) is 1. The topological polar surface area (TPSA) is 66.4 Å². The quantitative estimate of drug-likeness (QED) is 0.823. The Bertz CT molecular complexity index is 349. The van der Waals surface area contributed by atoms with E-state index in [1.54, 1.807) is 6.92 Å². The molecule has 0 saturated heterocycles. The van der Waals surface area contributed by atoms with Crippen molar-refractivity contribution in [1.29, 1.82) is 0 Å². The Balaban J connectivity index is 1.86. The number of hydrogen-bond acceptors (Lipinski definition) is 2. The third-order valence-electron chi connectivity index (χ3n) is 4.98. The van der Waals surface area contributed by atoms with E-state index in [2.05, 4.69) is 5.32 Å². The zero-order chi connectivity index (χ0) is 13.9. The smallest absolute Gasteiger partial charge is 0.311 e. The maximum atomic E-state index is 12.1. The maximum absolute atomic E-state index is 12.1. The first-order chi connectivity index (χ1) is 9.02. The lowest BCUT2D eigenvalue weighted by Gasteiger charge is -2.29. The van der Waals surface area contributed by atoms with E-state index < -0.39 is 11.4 Å². The summed E-state index contributed by atoms with van der Waals surface area (Å²) in [4.78, 5) is 23.4. The molecule has 2 unspecified atom stereocenters. The summed E-state index contributed by atoms with van der Waals surface area (Å²) in [5.41, 5.74) is -0.776. The van der Waals surface area contributed by atoms with E-state index >= 15 is 0 Å². The average molecular weight is 267 g/mol. The van der Waals surface area contributed by atoms with Gasteiger partial charge >= 0.3 is 5.97 Å². The third kappa shape index (κ3) is 3.28. The van der Waals surface area contributed by atoms with Gasteiger partial charge in [0.05, 0.1) is 5.41 Å². The van der Waals surface area contributed by atoms with Gasteiger partial charge in [0.1, 0.15) is 0 Å². The van der Waals surface area contributed by atoms with Crippen LogP contribution in [-0.2, 0) is 9.59 Å². The molecule has 19 heavy (non-hydrogen) atoms. The van der Waals surface area contributed by atoms with Crippen molar-refractivity contribution in [2.75, 3.05) is 0 Å². The van der Waals surface area contributed by atoms with Gasteiger partial charge in [0, 0.05) is 12.5 Å². The summed E-state index contributed by atoms with van der Waals surface area (Å²) in [6.07, 6.45) is 8.96. The molecule has 2 aliphatic rings. The monoisotopic (exact) mass is 267 g/mol. The van der Waals surface area contributed by atoms with Crippen molar-refractivity contribution >= 4 is 11.9 Å². The molecule has 108 valence electrons. The Morgan fingerprint density at radius 1 is 1.16 bits per heavy atom. The molecule has 2 fully saturated rings. The molecule has 0 spiro atoms. The first-order valence-corrected chi connectivity index (χ1v) is 7.55. The fourth-order valence-electron chi connectivity index (χ4n) is 3.56. The molecule has 2 rings (SSSR count). The van der Waals surface area contributed by atoms with E-state index in [1.807, 2.05) is 0 Å². The summed E-state index contributed by atoms with van der Waals surface area (Å²) in [5.74, 6) is -0.231. The zero-order valence-electron chi connectivity index (χ0n) is 11.8. The second kappa shape index (κ2) is 5.93. The van der Waals surface area contributed by atoms with Gasteiger partial charge in [0.15, 0.2) is 0 Å². The first-order valence-electron chi connectivity index (χ1n) is 7.55. The standard InChI is InChI=1S/C15H25NO3/c1-15(14(18)19)9-5-8-12(15)16-13(17)10-11-6-3-2-4-7-11/h11-12H,2-10H2,1H3,(H,16,17)(H,18,19). The lowest BCUT2D eigenvalue weighted by molar-refractivity contribution is -0.149. The molecule has 2 N–H and O–H groups in total. The molecule has 4 nitrogen and oxygen atoms in total. The second-order valence-corrected chi connectivity index (χ2v) is 6.44. The number of rotatable bonds is 4. The molecule has 0 radical (unpaired) electrons. The van der Waals surface area contributed by atoms with Gasteiger partial charge in [-0.15, -0.1) is 0 Å². The van der Waals surface area contributed by atoms with Crippen LogP contribution >= 0.6 is 0 Å². The van der Waals surface area contributed by atoms with Crippen LogP contribution < -0.4 is 5.32 Å². The summed E-state index contributed by atoms with van der Waals surface area (Å²) in [6.45, 7) is 1.76. The van der Waals surface area contributed by atoms with Crippen LogP contribution in [0, 0.1) is 11.3 Å². The van der Waals surface area contributed by atoms with E-state index in [0.717, 1.165) is 25.7 Å². The molecule has 0 aromatic heterocycles. The van der Waals surface area contributed by atoms with Crippen LogP contribution in [0.25, 0.3) is 0 Å². The lowest BCUT2D eigenvalue weighted by atomic mass is 9.84. The Hall–Kier alpha value is -1.06. The highest BCUT2D eigenvalue weighted by Gasteiger charge is 2.45. The van der Waals surface area contributed by atoms with Crippen molar-refractivity contribution in [2.45, 2.75) is 70.8 Å². The van der Waals surface area contributed by atoms with Gasteiger partial charge in [-0.25, -0.2) is 0 Å². The molecule has 0 bridgehead atoms. The molecular formula is C15H25NO3. The predicted octanol–water partition coefficient (Wildman–Crippen LogP) is 2.72. The number of carboxylic acids is 1. The molecule has 2 atom stereocenters. The van der Waals surface area contributed by atoms with Crippen molar-refractivity contribution < 1.29 is 14.7 Å². The molecule has 0 aromatic rings. The van der Waals surface area contributed by atoms with Crippen LogP contribution in [0.2, 0.25) is 0 Å². The minimum atomic E-state index is -0.784. The Kier molecular flexibility index (Phi) is 4.48. The zero-order valence-corrected chi connectivity index (χ0v) is 11.8. The SMILES string of the molecule is CC1(C(=O)O)CCCC1NC(=O)CC1CCCCC1. The number of carbonyl (C=O) groups is 2. The van der Waals surface area contributed by atoms with Gasteiger partial charge in [0.25, 0.3) is 0 Å². The van der Waals surface area contributed by atoms with Crippen molar-refractivity contribution in [2.24, 2.45) is 11.3 Å². The molecule has 1 amide bonds. The minimum absolute atomic E-state index is 0.0475. The third-order valence-corrected chi connectivity index (χ3v) is 4.98. The van der Waals surface area contributed by atoms with E-state index in [4.69, 9.17) is 0 Å². The fourth-order valence-corrected chi connectivity index (χ4v) is 3.56. The van der Waals surface area contributed by atoms with Crippen molar-refractivity contribution in [1.82, 2.24) is 5.32 Å². The summed E-state index contributed by atoms with van der Waals surface area (Å²) in [5, 5.41) is 12.3. The van der Waals surface area contributed by atoms with Gasteiger partial charge in [-0.05, 0) is 38.5 Å². The van der Waals surface area contributed by atoms with Crippen molar-refractivity contribution in [3.05, 3.63) is 0 Å². The van der Waals surface area contributed by atoms with Crippen LogP contribution in [0.5, 0.6) is 0 Å². The van der Waals surface area contributed by atoms with Crippen LogP contribution in [0.15, 0.2) is 0 Å². The summed E-state index contributed by atoms with van der Waals surface area (Å²) in [6, 6.07) is -0.193. The van der Waals surface area contributed by atoms with Gasteiger partial charge in [-0.1, -0.05) is 25.7 Å². The van der Waals surface area contributed by atoms with Crippen molar-refractivity contribution in [3.8, 4) is 0 Å². The van der Waals surface area contributed by atoms with Crippen LogP contribution in [0.1, 0.15) is 64.7 Å². The second-order valence-electron chi connectivity index (χ2n) is 6.44. The minimum Gasteiger partial charge on any atom is -0.481 e. The van der Waals surface area contributed by atoms with E-state index in [-0.39, 0.29) is 11.9 Å². The van der Waals surface area contributed by atoms with Crippen LogP contribution in [0.3, 0.4) is 0 Å². The molecule has 0 aliphatic heterocycles. The number of amides is 1. The van der Waals surface area contributed by atoms with Gasteiger partial charge in [0.2, 0.25) is 5.91 Å². The summed E-state index contributed by atoms with van der Waals surface area (Å²) >= 11 is 0. The van der Waals surface area contributed by atoms with Gasteiger partial charge < -0.3 is 10.4 Å². The van der Waals surface area contributed by atoms with E-state index in [1.165, 1.54) is 19.3 Å². The van der Waals surface area contributed by atoms with Gasteiger partial charge in [-0.2, -0.15) is 0 Å². The molecule has 0 aromatic carbocycles. The van der Waals surface area contributed by atoms with Crippen LogP contribution in [0.4, 0.5) is 0 Å². The Morgan fingerprint density at radius 3 is 2.47 bits per heavy atom. The molecule has 2 aliphatic carbocycles. The van der Waals surface area contributed by atoms with E-state index in [9.17, 15) is 14.7 Å². The average Bonchev–Trinajstić information content (AvgIpc) is 2.73. The Labute approximate surface area is 115 Å². The lowest BCUT2D eigenvalue weighted by Crippen LogP contribution is -2.47. The normalized spacial score (nSPS) is 32.2. The Morgan fingerprint density at radius 2 is 1.84 bits per heavy atom. The highest BCUT2D eigenvalue weighted by molar-refractivity contribution is 5.80. The summed E-state index contributed by atoms with van der Waals surface area (Å²) < 4.78 is 0. The fraction of sp³-hybridized carbons (Fsp3) is 0.867. The number of carbonyl (C=O) groups excluding carboxylic acids is 1. The van der Waals surface area contributed by atoms with Crippen LogP contribution in [-0.4, -0.2) is 23.0 Å². The van der Waals surface area contributed by atoms with Crippen molar-refractivity contribution in [3.63, 3.8) is 0 Å². The largest absolute Gasteiger partial charge is 0.481 e. The molecular weight excluding hydrogens is 242 g/mol.